The van der Waals surface area contributed by atoms with Crippen molar-refractivity contribution < 1.29 is 0 Å². The molecule has 2 aliphatic rings. The van der Waals surface area contributed by atoms with E-state index < -0.39 is 0 Å². The van der Waals surface area contributed by atoms with E-state index in [0.717, 1.165) is 11.8 Å². The summed E-state index contributed by atoms with van der Waals surface area (Å²) in [6.45, 7) is 0. The molecule has 0 N–H and O–H groups in total. The highest BCUT2D eigenvalue weighted by Gasteiger charge is 2.30. The summed E-state index contributed by atoms with van der Waals surface area (Å²) in [6, 6.07) is 0. The molecule has 0 aromatic heterocycles. The van der Waals surface area contributed by atoms with Crippen LogP contribution >= 0.6 is 0 Å². The predicted molar refractivity (Wildman–Crippen MR) is 28.6 cm³/mol. The Balaban J connectivity index is 2.17. The van der Waals surface area contributed by atoms with E-state index in [0.29, 0.717) is 0 Å². The Morgan fingerprint density at radius 2 is 2.29 bits per heavy atom. The van der Waals surface area contributed by atoms with Gasteiger partial charge in [0.2, 0.25) is 0 Å². The van der Waals surface area contributed by atoms with Gasteiger partial charge >= 0.3 is 0 Å². The number of fused-ring (bicyclic) bond motifs is 1. The van der Waals surface area contributed by atoms with Crippen LogP contribution in [0.5, 0.6) is 0 Å². The summed E-state index contributed by atoms with van der Waals surface area (Å²) in [7, 11) is 0. The van der Waals surface area contributed by atoms with Crippen molar-refractivity contribution in [2.75, 3.05) is 0 Å². The van der Waals surface area contributed by atoms with Gasteiger partial charge in [-0.2, -0.15) is 0 Å². The summed E-state index contributed by atoms with van der Waals surface area (Å²) in [6.07, 6.45) is 4.02. The zero-order valence-electron chi connectivity index (χ0n) is 4.28. The lowest BCUT2D eigenvalue weighted by Crippen LogP contribution is -2.19. The van der Waals surface area contributed by atoms with Crippen LogP contribution in [0.15, 0.2) is 0 Å². The Labute approximate surface area is 43.9 Å². The maximum Gasteiger partial charge on any atom is 0.0240 e. The smallest absolute Gasteiger partial charge is 0.0240 e. The number of rotatable bonds is 0. The molecule has 2 unspecified atom stereocenters. The molecule has 1 saturated carbocycles. The molecule has 0 aromatic carbocycles. The number of hydrogen-bond acceptors (Lipinski definition) is 0. The van der Waals surface area contributed by atoms with Crippen molar-refractivity contribution in [3.05, 3.63) is 0 Å². The standard InChI is InChI=1S/C7H8/c1-2-6-4-5-7(6)3-1/h6-7H,2,4-5H2. The van der Waals surface area contributed by atoms with Gasteiger partial charge < -0.3 is 0 Å². The van der Waals surface area contributed by atoms with E-state index in [1.54, 1.807) is 0 Å². The van der Waals surface area contributed by atoms with Crippen molar-refractivity contribution >= 4 is 0 Å². The molecular weight excluding hydrogens is 84.1 g/mol. The zero-order chi connectivity index (χ0) is 4.69. The van der Waals surface area contributed by atoms with E-state index in [1.165, 1.54) is 19.3 Å². The molecular formula is C7H8. The summed E-state index contributed by atoms with van der Waals surface area (Å²) in [5, 5.41) is 0. The van der Waals surface area contributed by atoms with Gasteiger partial charge in [0, 0.05) is 12.3 Å². The highest BCUT2D eigenvalue weighted by molar-refractivity contribution is 5.17. The van der Waals surface area contributed by atoms with E-state index in [2.05, 4.69) is 11.8 Å². The van der Waals surface area contributed by atoms with Gasteiger partial charge in [-0.25, -0.2) is 0 Å². The maximum atomic E-state index is 3.21. The molecule has 0 aromatic rings. The van der Waals surface area contributed by atoms with E-state index in [9.17, 15) is 0 Å². The Kier molecular flexibility index (Phi) is 0.526. The second-order valence-electron chi connectivity index (χ2n) is 2.47. The molecule has 0 radical (unpaired) electrons. The maximum absolute atomic E-state index is 3.21. The largest absolute Gasteiger partial charge is 0.103 e. The van der Waals surface area contributed by atoms with Crippen LogP contribution in [0.1, 0.15) is 19.3 Å². The molecule has 0 heterocycles. The van der Waals surface area contributed by atoms with Crippen molar-refractivity contribution in [2.24, 2.45) is 11.8 Å². The molecule has 0 bridgehead atoms. The summed E-state index contributed by atoms with van der Waals surface area (Å²) in [5.41, 5.74) is 0. The van der Waals surface area contributed by atoms with Crippen LogP contribution in [0.2, 0.25) is 0 Å². The van der Waals surface area contributed by atoms with Crippen LogP contribution in [0.25, 0.3) is 0 Å². The second-order valence-corrected chi connectivity index (χ2v) is 2.47. The fourth-order valence-electron chi connectivity index (χ4n) is 1.32. The molecule has 36 valence electrons. The van der Waals surface area contributed by atoms with Gasteiger partial charge in [-0.05, 0) is 18.8 Å². The first-order valence-electron chi connectivity index (χ1n) is 2.95. The summed E-state index contributed by atoms with van der Waals surface area (Å²) in [4.78, 5) is 0. The molecule has 1 fully saturated rings. The number of hydrogen-bond donors (Lipinski definition) is 0. The van der Waals surface area contributed by atoms with Crippen molar-refractivity contribution in [3.8, 4) is 11.8 Å². The van der Waals surface area contributed by atoms with Gasteiger partial charge in [-0.15, -0.1) is 5.92 Å². The third kappa shape index (κ3) is 0.332. The van der Waals surface area contributed by atoms with Crippen LogP contribution in [0, 0.1) is 23.7 Å². The van der Waals surface area contributed by atoms with Crippen LogP contribution in [-0.2, 0) is 0 Å². The zero-order valence-corrected chi connectivity index (χ0v) is 4.28. The van der Waals surface area contributed by atoms with Gasteiger partial charge in [-0.3, -0.25) is 0 Å². The Hall–Kier alpha value is -0.440. The lowest BCUT2D eigenvalue weighted by molar-refractivity contribution is 0.255. The van der Waals surface area contributed by atoms with Crippen molar-refractivity contribution in [2.45, 2.75) is 19.3 Å². The highest BCUT2D eigenvalue weighted by atomic mass is 14.3. The lowest BCUT2D eigenvalue weighted by Gasteiger charge is -2.27. The Bertz CT molecular complexity index is 136. The van der Waals surface area contributed by atoms with Crippen LogP contribution in [0.3, 0.4) is 0 Å². The topological polar surface area (TPSA) is 0 Å². The van der Waals surface area contributed by atoms with E-state index in [4.69, 9.17) is 0 Å². The summed E-state index contributed by atoms with van der Waals surface area (Å²) >= 11 is 0. The molecule has 2 rings (SSSR count). The first-order chi connectivity index (χ1) is 3.47. The van der Waals surface area contributed by atoms with Gasteiger partial charge in [0.05, 0.1) is 0 Å². The average Bonchev–Trinajstić information content (AvgIpc) is 1.85. The molecule has 0 aliphatic heterocycles. The van der Waals surface area contributed by atoms with Crippen molar-refractivity contribution in [1.82, 2.24) is 0 Å². The molecule has 0 saturated heterocycles. The van der Waals surface area contributed by atoms with Gasteiger partial charge in [0.25, 0.3) is 0 Å². The lowest BCUT2D eigenvalue weighted by atomic mass is 9.76. The minimum absolute atomic E-state index is 0.833. The first-order valence-corrected chi connectivity index (χ1v) is 2.95. The Morgan fingerprint density at radius 3 is 2.57 bits per heavy atom. The van der Waals surface area contributed by atoms with Crippen molar-refractivity contribution in [3.63, 3.8) is 0 Å². The molecule has 2 atom stereocenters. The van der Waals surface area contributed by atoms with Crippen molar-refractivity contribution in [1.29, 1.82) is 0 Å². The third-order valence-electron chi connectivity index (χ3n) is 2.07. The third-order valence-corrected chi connectivity index (χ3v) is 2.07. The fourth-order valence-corrected chi connectivity index (χ4v) is 1.32. The second kappa shape index (κ2) is 1.04. The first kappa shape index (κ1) is 3.55. The predicted octanol–water partition coefficient (Wildman–Crippen LogP) is 1.42. The molecule has 0 nitrogen and oxygen atoms in total. The van der Waals surface area contributed by atoms with Gasteiger partial charge in [-0.1, -0.05) is 5.92 Å². The normalized spacial score (nSPS) is 43.4. The molecule has 0 spiro atoms. The van der Waals surface area contributed by atoms with E-state index in [-0.39, 0.29) is 0 Å². The SMILES string of the molecule is C1#CC2CCC2C1. The monoisotopic (exact) mass is 92.1 g/mol. The molecule has 0 heteroatoms. The minimum Gasteiger partial charge on any atom is -0.103 e. The summed E-state index contributed by atoms with van der Waals surface area (Å²) < 4.78 is 0. The Morgan fingerprint density at radius 1 is 1.29 bits per heavy atom. The quantitative estimate of drug-likeness (QED) is 0.396. The average molecular weight is 92.1 g/mol. The molecule has 0 amide bonds. The van der Waals surface area contributed by atoms with Crippen LogP contribution < -0.4 is 0 Å². The van der Waals surface area contributed by atoms with Gasteiger partial charge in [0.15, 0.2) is 0 Å². The van der Waals surface area contributed by atoms with Gasteiger partial charge in [0.1, 0.15) is 0 Å². The summed E-state index contributed by atoms with van der Waals surface area (Å²) in [5.74, 6) is 8.15. The minimum atomic E-state index is 0.833. The van der Waals surface area contributed by atoms with E-state index in [1.807, 2.05) is 0 Å². The highest BCUT2D eigenvalue weighted by Crippen LogP contribution is 2.38. The van der Waals surface area contributed by atoms with Crippen LogP contribution in [-0.4, -0.2) is 0 Å². The molecule has 2 aliphatic carbocycles. The molecule has 7 heavy (non-hydrogen) atoms. The van der Waals surface area contributed by atoms with Crippen LogP contribution in [0.4, 0.5) is 0 Å². The van der Waals surface area contributed by atoms with E-state index >= 15 is 0 Å². The fraction of sp³-hybridized carbons (Fsp3) is 0.714.